The van der Waals surface area contributed by atoms with Gasteiger partial charge in [0.15, 0.2) is 18.3 Å². The Labute approximate surface area is 258 Å². The fourth-order valence-corrected chi connectivity index (χ4v) is 4.68. The molecule has 1 fully saturated rings. The molecule has 0 spiro atoms. The van der Waals surface area contributed by atoms with Gasteiger partial charge in [0.05, 0.1) is 29.5 Å². The van der Waals surface area contributed by atoms with E-state index in [0.717, 1.165) is 0 Å². The Kier molecular flexibility index (Phi) is 9.93. The summed E-state index contributed by atoms with van der Waals surface area (Å²) in [6.45, 7) is -0.166. The van der Waals surface area contributed by atoms with Crippen molar-refractivity contribution in [2.75, 3.05) is 6.61 Å². The molecule has 4 aromatic rings. The number of primary amides is 1. The number of carbonyl (C=O) groups is 4. The molecule has 11 nitrogen and oxygen atoms in total. The van der Waals surface area contributed by atoms with Crippen LogP contribution in [0.4, 0.5) is 4.79 Å². The summed E-state index contributed by atoms with van der Waals surface area (Å²) in [5.41, 5.74) is 9.18. The van der Waals surface area contributed by atoms with Crippen LogP contribution in [0.15, 0.2) is 120 Å². The fraction of sp³-hybridized carbons (Fsp3) is 0.147. The van der Waals surface area contributed by atoms with E-state index in [4.69, 9.17) is 24.7 Å². The van der Waals surface area contributed by atoms with Crippen LogP contribution < -0.4 is 11.2 Å². The van der Waals surface area contributed by atoms with Gasteiger partial charge in [-0.05, 0) is 47.5 Å². The Hall–Kier alpha value is -5.81. The fourth-order valence-electron chi connectivity index (χ4n) is 4.68. The van der Waals surface area contributed by atoms with E-state index in [1.807, 2.05) is 0 Å². The van der Waals surface area contributed by atoms with Gasteiger partial charge >= 0.3 is 23.9 Å². The van der Waals surface area contributed by atoms with Gasteiger partial charge in [-0.2, -0.15) is 5.10 Å². The van der Waals surface area contributed by atoms with Crippen molar-refractivity contribution in [3.63, 3.8) is 0 Å². The van der Waals surface area contributed by atoms with E-state index in [1.165, 1.54) is 6.21 Å². The number of hydrogen-bond acceptors (Lipinski definition) is 9. The Balaban J connectivity index is 1.49. The largest absolute Gasteiger partial charge is 0.452 e. The van der Waals surface area contributed by atoms with E-state index in [0.29, 0.717) is 11.1 Å². The number of nitrogens with two attached hydrogens (primary N) is 1. The molecule has 11 heteroatoms. The lowest BCUT2D eigenvalue weighted by Gasteiger charge is -2.41. The highest BCUT2D eigenvalue weighted by atomic mass is 16.6. The summed E-state index contributed by atoms with van der Waals surface area (Å²) in [5.74, 6) is -2.05. The second-order valence-electron chi connectivity index (χ2n) is 9.94. The zero-order valence-corrected chi connectivity index (χ0v) is 23.9. The van der Waals surface area contributed by atoms with Crippen molar-refractivity contribution < 1.29 is 38.1 Å². The highest BCUT2D eigenvalue weighted by Gasteiger charge is 2.48. The van der Waals surface area contributed by atoms with Gasteiger partial charge in [-0.25, -0.2) is 24.6 Å². The minimum absolute atomic E-state index is 0.166. The van der Waals surface area contributed by atoms with Crippen molar-refractivity contribution in [2.24, 2.45) is 10.8 Å². The van der Waals surface area contributed by atoms with Crippen LogP contribution in [0.1, 0.15) is 48.3 Å². The minimum Gasteiger partial charge on any atom is -0.452 e. The van der Waals surface area contributed by atoms with E-state index >= 15 is 0 Å². The lowest BCUT2D eigenvalue weighted by Crippen LogP contribution is -2.54. The molecule has 3 N–H and O–H groups in total. The number of urea groups is 1. The first-order valence-corrected chi connectivity index (χ1v) is 14.0. The SMILES string of the molecule is NC(=O)NN=Cc1ccc([C@@H]2OC[C@@H](OC(=O)c3ccccc3)[C@@H](OC(=O)c3ccccc3)[C@H]2OC(=O)c2ccccc2)cc1. The van der Waals surface area contributed by atoms with Crippen LogP contribution in [-0.2, 0) is 18.9 Å². The van der Waals surface area contributed by atoms with Gasteiger partial charge < -0.3 is 24.7 Å². The quantitative estimate of drug-likeness (QED) is 0.122. The molecule has 2 amide bonds. The van der Waals surface area contributed by atoms with Crippen LogP contribution in [0, 0.1) is 0 Å². The maximum absolute atomic E-state index is 13.4. The highest BCUT2D eigenvalue weighted by molar-refractivity contribution is 5.91. The molecule has 4 atom stereocenters. The molecule has 45 heavy (non-hydrogen) atoms. The average Bonchev–Trinajstić information content (AvgIpc) is 3.07. The Morgan fingerprint density at radius 2 is 1.13 bits per heavy atom. The third kappa shape index (κ3) is 7.98. The van der Waals surface area contributed by atoms with Crippen molar-refractivity contribution >= 4 is 30.2 Å². The third-order valence-electron chi connectivity index (χ3n) is 6.86. The lowest BCUT2D eigenvalue weighted by molar-refractivity contribution is -0.192. The van der Waals surface area contributed by atoms with Gasteiger partial charge in [-0.3, -0.25) is 0 Å². The summed E-state index contributed by atoms with van der Waals surface area (Å²) < 4.78 is 24.0. The molecule has 1 aliphatic heterocycles. The monoisotopic (exact) mass is 607 g/mol. The molecular weight excluding hydrogens is 578 g/mol. The number of amides is 2. The van der Waals surface area contributed by atoms with Crippen molar-refractivity contribution in [3.05, 3.63) is 143 Å². The highest BCUT2D eigenvalue weighted by Crippen LogP contribution is 2.35. The van der Waals surface area contributed by atoms with Crippen LogP contribution in [0.3, 0.4) is 0 Å². The number of carbonyl (C=O) groups excluding carboxylic acids is 4. The van der Waals surface area contributed by atoms with Crippen LogP contribution >= 0.6 is 0 Å². The number of benzene rings is 4. The summed E-state index contributed by atoms with van der Waals surface area (Å²) in [6, 6.07) is 31.0. The Morgan fingerprint density at radius 3 is 1.62 bits per heavy atom. The first kappa shape index (κ1) is 30.6. The van der Waals surface area contributed by atoms with E-state index in [1.54, 1.807) is 115 Å². The summed E-state index contributed by atoms with van der Waals surface area (Å²) in [4.78, 5) is 50.8. The molecule has 0 aliphatic carbocycles. The van der Waals surface area contributed by atoms with Crippen LogP contribution in [0.25, 0.3) is 0 Å². The molecular formula is C34H29N3O8. The Morgan fingerprint density at radius 1 is 0.667 bits per heavy atom. The van der Waals surface area contributed by atoms with Gasteiger partial charge in [0.2, 0.25) is 0 Å². The molecule has 1 aliphatic rings. The van der Waals surface area contributed by atoms with Crippen LogP contribution in [-0.4, -0.2) is 55.1 Å². The standard InChI is InChI=1S/C34H29N3O8/c35-34(41)37-36-20-22-16-18-23(19-17-22)28-30(45-33(40)26-14-8-3-9-15-26)29(44-32(39)25-12-6-2-7-13-25)27(21-42-28)43-31(38)24-10-4-1-5-11-24/h1-20,27-30H,21H2,(H3,35,37,41)/t27-,28+,29-,30+/m1/s1. The number of nitrogens with zero attached hydrogens (tertiary/aromatic N) is 1. The Bertz CT molecular complexity index is 1650. The number of ether oxygens (including phenoxy) is 4. The third-order valence-corrected chi connectivity index (χ3v) is 6.86. The second kappa shape index (κ2) is 14.6. The molecule has 4 aromatic carbocycles. The van der Waals surface area contributed by atoms with Gasteiger partial charge in [0.25, 0.3) is 0 Å². The predicted octanol–water partition coefficient (Wildman–Crippen LogP) is 4.44. The minimum atomic E-state index is -1.25. The summed E-state index contributed by atoms with van der Waals surface area (Å²) >= 11 is 0. The van der Waals surface area contributed by atoms with E-state index in [-0.39, 0.29) is 23.3 Å². The molecule has 228 valence electrons. The molecule has 0 unspecified atom stereocenters. The molecule has 1 saturated heterocycles. The van der Waals surface area contributed by atoms with E-state index in [9.17, 15) is 19.2 Å². The zero-order valence-electron chi connectivity index (χ0n) is 23.9. The van der Waals surface area contributed by atoms with Crippen LogP contribution in [0.5, 0.6) is 0 Å². The molecule has 0 radical (unpaired) electrons. The van der Waals surface area contributed by atoms with Crippen molar-refractivity contribution in [1.82, 2.24) is 5.43 Å². The normalized spacial score (nSPS) is 19.3. The molecule has 5 rings (SSSR count). The summed E-state index contributed by atoms with van der Waals surface area (Å²) in [5, 5.41) is 3.75. The van der Waals surface area contributed by atoms with Gasteiger partial charge in [-0.15, -0.1) is 0 Å². The van der Waals surface area contributed by atoms with Crippen molar-refractivity contribution in [3.8, 4) is 0 Å². The smallest absolute Gasteiger partial charge is 0.338 e. The number of hydrogen-bond donors (Lipinski definition) is 2. The second-order valence-corrected chi connectivity index (χ2v) is 9.94. The molecule has 1 heterocycles. The van der Waals surface area contributed by atoms with Crippen LogP contribution in [0.2, 0.25) is 0 Å². The van der Waals surface area contributed by atoms with Gasteiger partial charge in [0.1, 0.15) is 6.10 Å². The van der Waals surface area contributed by atoms with E-state index in [2.05, 4.69) is 10.5 Å². The molecule has 0 bridgehead atoms. The first-order chi connectivity index (χ1) is 21.9. The zero-order chi connectivity index (χ0) is 31.6. The van der Waals surface area contributed by atoms with Gasteiger partial charge in [-0.1, -0.05) is 78.9 Å². The number of nitrogens with one attached hydrogen (secondary N) is 1. The number of esters is 3. The van der Waals surface area contributed by atoms with Crippen molar-refractivity contribution in [2.45, 2.75) is 24.4 Å². The summed E-state index contributed by atoms with van der Waals surface area (Å²) in [7, 11) is 0. The van der Waals surface area contributed by atoms with Crippen molar-refractivity contribution in [1.29, 1.82) is 0 Å². The number of hydrazone groups is 1. The average molecular weight is 608 g/mol. The summed E-state index contributed by atoms with van der Waals surface area (Å²) in [6.07, 6.45) is -3.14. The molecule has 0 saturated carbocycles. The number of rotatable bonds is 9. The predicted molar refractivity (Wildman–Crippen MR) is 162 cm³/mol. The topological polar surface area (TPSA) is 156 Å². The maximum atomic E-state index is 13.4. The van der Waals surface area contributed by atoms with Gasteiger partial charge in [0, 0.05) is 0 Å². The maximum Gasteiger partial charge on any atom is 0.338 e. The first-order valence-electron chi connectivity index (χ1n) is 14.0. The lowest BCUT2D eigenvalue weighted by atomic mass is 9.93. The van der Waals surface area contributed by atoms with E-state index < -0.39 is 48.4 Å². The molecule has 0 aromatic heterocycles.